The Hall–Kier alpha value is -1.66. The molecular weight excluding hydrogens is 321 g/mol. The third-order valence-corrected chi connectivity index (χ3v) is 4.58. The molecule has 2 aliphatic rings. The topological polar surface area (TPSA) is 54.9 Å². The van der Waals surface area contributed by atoms with Crippen molar-refractivity contribution < 1.29 is 13.9 Å². The molecule has 1 heterocycles. The minimum Gasteiger partial charge on any atom is -0.379 e. The first-order valence-corrected chi connectivity index (χ1v) is 9.26. The lowest BCUT2D eigenvalue weighted by atomic mass is 10.1. The van der Waals surface area contributed by atoms with E-state index < -0.39 is 0 Å². The van der Waals surface area contributed by atoms with Gasteiger partial charge in [-0.15, -0.1) is 0 Å². The molecular formula is C19H28FN3O2. The number of halogens is 1. The lowest BCUT2D eigenvalue weighted by Crippen LogP contribution is -2.39. The number of hydrogen-bond donors (Lipinski definition) is 2. The van der Waals surface area contributed by atoms with Crippen LogP contribution in [0.15, 0.2) is 29.3 Å². The normalized spacial score (nSPS) is 25.8. The molecule has 2 fully saturated rings. The fourth-order valence-corrected chi connectivity index (χ4v) is 3.12. The smallest absolute Gasteiger partial charge is 0.191 e. The quantitative estimate of drug-likeness (QED) is 0.430. The summed E-state index contributed by atoms with van der Waals surface area (Å²) in [6.07, 6.45) is 3.07. The van der Waals surface area contributed by atoms with E-state index in [1.807, 2.05) is 19.1 Å². The van der Waals surface area contributed by atoms with Crippen molar-refractivity contribution in [2.24, 2.45) is 4.99 Å². The summed E-state index contributed by atoms with van der Waals surface area (Å²) in [5.41, 5.74) is 0.794. The van der Waals surface area contributed by atoms with Crippen LogP contribution in [0.3, 0.4) is 0 Å². The van der Waals surface area contributed by atoms with Crippen LogP contribution in [0.4, 0.5) is 4.39 Å². The first-order chi connectivity index (χ1) is 12.3. The standard InChI is InChI=1S/C19H28FN3O2/c1-2-21-19(22-9-5-10-25-14-8-11-24-13-14)23-18-12-16(18)15-6-3-4-7-17(15)20/h3-4,6-7,14,16,18H,2,5,8-13H2,1H3,(H2,21,22,23). The molecule has 1 saturated carbocycles. The van der Waals surface area contributed by atoms with E-state index in [9.17, 15) is 4.39 Å². The molecule has 0 radical (unpaired) electrons. The molecule has 2 N–H and O–H groups in total. The van der Waals surface area contributed by atoms with Gasteiger partial charge in [0.05, 0.1) is 12.7 Å². The molecule has 1 aliphatic heterocycles. The van der Waals surface area contributed by atoms with E-state index in [0.29, 0.717) is 19.8 Å². The Kier molecular flexibility index (Phi) is 6.64. The van der Waals surface area contributed by atoms with E-state index in [1.165, 1.54) is 6.07 Å². The van der Waals surface area contributed by atoms with Crippen LogP contribution in [0.1, 0.15) is 37.7 Å². The Morgan fingerprint density at radius 1 is 1.40 bits per heavy atom. The van der Waals surface area contributed by atoms with Gasteiger partial charge < -0.3 is 20.1 Å². The minimum atomic E-state index is -0.119. The molecule has 6 heteroatoms. The highest BCUT2D eigenvalue weighted by Gasteiger charge is 2.40. The second kappa shape index (κ2) is 9.15. The molecule has 5 nitrogen and oxygen atoms in total. The highest BCUT2D eigenvalue weighted by atomic mass is 19.1. The van der Waals surface area contributed by atoms with Crippen molar-refractivity contribution in [1.82, 2.24) is 10.6 Å². The number of nitrogens with one attached hydrogen (secondary N) is 2. The fraction of sp³-hybridized carbons (Fsp3) is 0.632. The van der Waals surface area contributed by atoms with Crippen LogP contribution >= 0.6 is 0 Å². The van der Waals surface area contributed by atoms with Crippen molar-refractivity contribution in [2.45, 2.75) is 44.2 Å². The maximum atomic E-state index is 13.9. The van der Waals surface area contributed by atoms with Gasteiger partial charge in [-0.05, 0) is 37.8 Å². The van der Waals surface area contributed by atoms with Crippen molar-refractivity contribution in [1.29, 1.82) is 0 Å². The zero-order chi connectivity index (χ0) is 17.5. The van der Waals surface area contributed by atoms with E-state index in [4.69, 9.17) is 9.47 Å². The molecule has 0 bridgehead atoms. The van der Waals surface area contributed by atoms with Crippen molar-refractivity contribution in [3.63, 3.8) is 0 Å². The molecule has 3 atom stereocenters. The van der Waals surface area contributed by atoms with Crippen LogP contribution in [0.5, 0.6) is 0 Å². The highest BCUT2D eigenvalue weighted by Crippen LogP contribution is 2.41. The van der Waals surface area contributed by atoms with Crippen molar-refractivity contribution in [3.8, 4) is 0 Å². The molecule has 3 unspecified atom stereocenters. The van der Waals surface area contributed by atoms with E-state index >= 15 is 0 Å². The largest absolute Gasteiger partial charge is 0.379 e. The summed E-state index contributed by atoms with van der Waals surface area (Å²) < 4.78 is 24.9. The van der Waals surface area contributed by atoms with Gasteiger partial charge in [-0.3, -0.25) is 4.99 Å². The van der Waals surface area contributed by atoms with E-state index in [-0.39, 0.29) is 23.9 Å². The summed E-state index contributed by atoms with van der Waals surface area (Å²) in [5.74, 6) is 0.915. The number of hydrogen-bond acceptors (Lipinski definition) is 3. The van der Waals surface area contributed by atoms with Gasteiger partial charge in [0, 0.05) is 38.3 Å². The van der Waals surface area contributed by atoms with Gasteiger partial charge in [0.15, 0.2) is 5.96 Å². The summed E-state index contributed by atoms with van der Waals surface area (Å²) >= 11 is 0. The van der Waals surface area contributed by atoms with Crippen molar-refractivity contribution in [3.05, 3.63) is 35.6 Å². The third kappa shape index (κ3) is 5.41. The summed E-state index contributed by atoms with van der Waals surface area (Å²) in [5, 5.41) is 6.67. The molecule has 0 aromatic heterocycles. The molecule has 0 amide bonds. The van der Waals surface area contributed by atoms with Crippen LogP contribution in [-0.4, -0.2) is 51.0 Å². The Bertz CT molecular complexity index is 576. The maximum Gasteiger partial charge on any atom is 0.191 e. The second-order valence-electron chi connectivity index (χ2n) is 6.59. The van der Waals surface area contributed by atoms with Crippen LogP contribution in [0.2, 0.25) is 0 Å². The molecule has 1 saturated heterocycles. The fourth-order valence-electron chi connectivity index (χ4n) is 3.12. The zero-order valence-electron chi connectivity index (χ0n) is 14.8. The van der Waals surface area contributed by atoms with Crippen LogP contribution in [0.25, 0.3) is 0 Å². The predicted molar refractivity (Wildman–Crippen MR) is 96.5 cm³/mol. The number of benzene rings is 1. The third-order valence-electron chi connectivity index (χ3n) is 4.58. The summed E-state index contributed by atoms with van der Waals surface area (Å²) in [6.45, 7) is 5.78. The van der Waals surface area contributed by atoms with Gasteiger partial charge >= 0.3 is 0 Å². The molecule has 1 aliphatic carbocycles. The molecule has 3 rings (SSSR count). The van der Waals surface area contributed by atoms with Crippen molar-refractivity contribution in [2.75, 3.05) is 32.9 Å². The van der Waals surface area contributed by atoms with Crippen molar-refractivity contribution >= 4 is 5.96 Å². The summed E-state index contributed by atoms with van der Waals surface area (Å²) in [6, 6.07) is 7.27. The first-order valence-electron chi connectivity index (χ1n) is 9.26. The molecule has 0 spiro atoms. The van der Waals surface area contributed by atoms with Gasteiger partial charge in [0.25, 0.3) is 0 Å². The van der Waals surface area contributed by atoms with Gasteiger partial charge in [-0.2, -0.15) is 0 Å². The second-order valence-corrected chi connectivity index (χ2v) is 6.59. The Balaban J connectivity index is 1.41. The van der Waals surface area contributed by atoms with Crippen LogP contribution in [-0.2, 0) is 9.47 Å². The molecule has 138 valence electrons. The molecule has 1 aromatic rings. The zero-order valence-corrected chi connectivity index (χ0v) is 14.8. The molecule has 1 aromatic carbocycles. The Labute approximate surface area is 149 Å². The number of ether oxygens (including phenoxy) is 2. The average Bonchev–Trinajstić information content (AvgIpc) is 3.16. The SMILES string of the molecule is CCNC(=NCCCOC1CCOC1)NC1CC1c1ccccc1F. The first kappa shape index (κ1) is 18.1. The summed E-state index contributed by atoms with van der Waals surface area (Å²) in [7, 11) is 0. The lowest BCUT2D eigenvalue weighted by molar-refractivity contribution is 0.0424. The monoisotopic (exact) mass is 349 g/mol. The average molecular weight is 349 g/mol. The maximum absolute atomic E-state index is 13.9. The van der Waals surface area contributed by atoms with E-state index in [0.717, 1.165) is 43.9 Å². The van der Waals surface area contributed by atoms with Crippen LogP contribution in [0, 0.1) is 5.82 Å². The van der Waals surface area contributed by atoms with E-state index in [2.05, 4.69) is 15.6 Å². The van der Waals surface area contributed by atoms with E-state index in [1.54, 1.807) is 6.07 Å². The van der Waals surface area contributed by atoms with Crippen LogP contribution < -0.4 is 10.6 Å². The van der Waals surface area contributed by atoms with Gasteiger partial charge in [0.1, 0.15) is 5.82 Å². The number of guanidine groups is 1. The van der Waals surface area contributed by atoms with Gasteiger partial charge in [-0.25, -0.2) is 4.39 Å². The highest BCUT2D eigenvalue weighted by molar-refractivity contribution is 5.80. The van der Waals surface area contributed by atoms with Gasteiger partial charge in [-0.1, -0.05) is 18.2 Å². The number of nitrogens with zero attached hydrogens (tertiary/aromatic N) is 1. The predicted octanol–water partition coefficient (Wildman–Crippen LogP) is 2.43. The minimum absolute atomic E-state index is 0.119. The molecule has 25 heavy (non-hydrogen) atoms. The Morgan fingerprint density at radius 3 is 3.04 bits per heavy atom. The number of aliphatic imine (C=N–C) groups is 1. The lowest BCUT2D eigenvalue weighted by Gasteiger charge is -2.12. The van der Waals surface area contributed by atoms with Gasteiger partial charge in [0.2, 0.25) is 0 Å². The number of rotatable bonds is 8. The Morgan fingerprint density at radius 2 is 2.28 bits per heavy atom. The summed E-state index contributed by atoms with van der Waals surface area (Å²) in [4.78, 5) is 4.60.